The highest BCUT2D eigenvalue weighted by atomic mass is 16.6. The van der Waals surface area contributed by atoms with Gasteiger partial charge in [0.25, 0.3) is 0 Å². The molecule has 0 bridgehead atoms. The molecule has 0 rings (SSSR count). The minimum Gasteiger partial charge on any atom is -0.302 e. The van der Waals surface area contributed by atoms with Crippen LogP contribution in [-0.2, 0) is 4.84 Å². The van der Waals surface area contributed by atoms with Crippen LogP contribution in [0.1, 0.15) is 40.5 Å². The summed E-state index contributed by atoms with van der Waals surface area (Å²) in [5.74, 6) is 1.42. The third kappa shape index (κ3) is 9.92. The zero-order chi connectivity index (χ0) is 9.40. The van der Waals surface area contributed by atoms with Gasteiger partial charge in [-0.05, 0) is 24.7 Å². The Morgan fingerprint density at radius 3 is 2.25 bits per heavy atom. The van der Waals surface area contributed by atoms with Crippen LogP contribution >= 0.6 is 0 Å². The van der Waals surface area contributed by atoms with Crippen molar-refractivity contribution in [1.82, 2.24) is 5.48 Å². The summed E-state index contributed by atoms with van der Waals surface area (Å²) in [6, 6.07) is 0. The number of hydrogen-bond donors (Lipinski definition) is 1. The summed E-state index contributed by atoms with van der Waals surface area (Å²) in [6.45, 7) is 10.6. The van der Waals surface area contributed by atoms with Gasteiger partial charge in [-0.2, -0.15) is 0 Å². The minimum atomic E-state index is 0.614. The highest BCUT2D eigenvalue weighted by Gasteiger charge is 1.95. The molecular formula is C10H23NO. The van der Waals surface area contributed by atoms with E-state index in [1.54, 1.807) is 0 Å². The van der Waals surface area contributed by atoms with Gasteiger partial charge >= 0.3 is 0 Å². The third-order valence-corrected chi connectivity index (χ3v) is 1.58. The van der Waals surface area contributed by atoms with Gasteiger partial charge in [0.05, 0.1) is 6.61 Å². The summed E-state index contributed by atoms with van der Waals surface area (Å²) in [4.78, 5) is 5.23. The maximum Gasteiger partial charge on any atom is 0.0705 e. The van der Waals surface area contributed by atoms with Gasteiger partial charge in [0.1, 0.15) is 0 Å². The van der Waals surface area contributed by atoms with E-state index < -0.39 is 0 Å². The van der Waals surface area contributed by atoms with E-state index in [9.17, 15) is 0 Å². The Balaban J connectivity index is 2.91. The molecule has 0 radical (unpaired) electrons. The van der Waals surface area contributed by atoms with Crippen molar-refractivity contribution in [3.8, 4) is 0 Å². The summed E-state index contributed by atoms with van der Waals surface area (Å²) in [5, 5.41) is 0. The van der Waals surface area contributed by atoms with Gasteiger partial charge in [-0.1, -0.05) is 27.7 Å². The molecule has 2 nitrogen and oxygen atoms in total. The van der Waals surface area contributed by atoms with E-state index in [1.165, 1.54) is 12.8 Å². The Labute approximate surface area is 76.6 Å². The molecule has 0 aromatic heterocycles. The third-order valence-electron chi connectivity index (χ3n) is 1.58. The Morgan fingerprint density at radius 2 is 1.75 bits per heavy atom. The summed E-state index contributed by atoms with van der Waals surface area (Å²) >= 11 is 0. The smallest absolute Gasteiger partial charge is 0.0705 e. The topological polar surface area (TPSA) is 21.3 Å². The van der Waals surface area contributed by atoms with Crippen LogP contribution in [0.25, 0.3) is 0 Å². The lowest BCUT2D eigenvalue weighted by Crippen LogP contribution is -2.19. The molecule has 0 saturated carbocycles. The lowest BCUT2D eigenvalue weighted by atomic mass is 10.1. The molecular weight excluding hydrogens is 150 g/mol. The first-order chi connectivity index (χ1) is 5.63. The van der Waals surface area contributed by atoms with Gasteiger partial charge in [-0.3, -0.25) is 0 Å². The second-order valence-electron chi connectivity index (χ2n) is 4.14. The quantitative estimate of drug-likeness (QED) is 0.472. The second-order valence-corrected chi connectivity index (χ2v) is 4.14. The minimum absolute atomic E-state index is 0.614. The maximum atomic E-state index is 5.23. The molecule has 0 aliphatic carbocycles. The van der Waals surface area contributed by atoms with Crippen molar-refractivity contribution < 1.29 is 4.84 Å². The van der Waals surface area contributed by atoms with Crippen molar-refractivity contribution in [3.05, 3.63) is 0 Å². The van der Waals surface area contributed by atoms with E-state index >= 15 is 0 Å². The van der Waals surface area contributed by atoms with Crippen molar-refractivity contribution in [2.75, 3.05) is 13.2 Å². The van der Waals surface area contributed by atoms with E-state index in [1.807, 2.05) is 0 Å². The summed E-state index contributed by atoms with van der Waals surface area (Å²) in [7, 11) is 0. The summed E-state index contributed by atoms with van der Waals surface area (Å²) in [5.41, 5.74) is 2.97. The maximum absolute atomic E-state index is 5.23. The number of rotatable bonds is 7. The number of nitrogens with one attached hydrogen (secondary N) is 1. The first-order valence-corrected chi connectivity index (χ1v) is 4.97. The Bertz CT molecular complexity index is 79.8. The van der Waals surface area contributed by atoms with Gasteiger partial charge in [0.15, 0.2) is 0 Å². The molecule has 1 N–H and O–H groups in total. The standard InChI is InChI=1S/C10H23NO/c1-9(2)6-5-7-11-12-8-10(3)4/h9-11H,5-8H2,1-4H3. The molecule has 0 aromatic rings. The van der Waals surface area contributed by atoms with Crippen LogP contribution in [0.2, 0.25) is 0 Å². The molecule has 0 aliphatic heterocycles. The van der Waals surface area contributed by atoms with Crippen LogP contribution in [0.15, 0.2) is 0 Å². The molecule has 0 heterocycles. The highest BCUT2D eigenvalue weighted by molar-refractivity contribution is 4.46. The Hall–Kier alpha value is -0.0800. The van der Waals surface area contributed by atoms with Crippen molar-refractivity contribution >= 4 is 0 Å². The molecule has 2 heteroatoms. The molecule has 74 valence electrons. The molecule has 0 amide bonds. The van der Waals surface area contributed by atoms with E-state index in [-0.39, 0.29) is 0 Å². The summed E-state index contributed by atoms with van der Waals surface area (Å²) in [6.07, 6.45) is 2.48. The van der Waals surface area contributed by atoms with Gasteiger partial charge in [0, 0.05) is 6.54 Å². The molecule has 0 spiro atoms. The first kappa shape index (κ1) is 11.9. The van der Waals surface area contributed by atoms with Crippen LogP contribution in [0.3, 0.4) is 0 Å². The van der Waals surface area contributed by atoms with E-state index in [4.69, 9.17) is 4.84 Å². The van der Waals surface area contributed by atoms with Gasteiger partial charge < -0.3 is 4.84 Å². The molecule has 0 atom stereocenters. The monoisotopic (exact) mass is 173 g/mol. The number of hydrogen-bond acceptors (Lipinski definition) is 2. The van der Waals surface area contributed by atoms with Crippen molar-refractivity contribution in [2.45, 2.75) is 40.5 Å². The largest absolute Gasteiger partial charge is 0.302 e. The highest BCUT2D eigenvalue weighted by Crippen LogP contribution is 2.01. The van der Waals surface area contributed by atoms with Crippen molar-refractivity contribution in [1.29, 1.82) is 0 Å². The molecule has 0 aliphatic rings. The average Bonchev–Trinajstić information content (AvgIpc) is 1.95. The van der Waals surface area contributed by atoms with Gasteiger partial charge in [-0.15, -0.1) is 0 Å². The van der Waals surface area contributed by atoms with Crippen LogP contribution in [0.5, 0.6) is 0 Å². The van der Waals surface area contributed by atoms with Gasteiger partial charge in [0.2, 0.25) is 0 Å². The SMILES string of the molecule is CC(C)CCCNOCC(C)C. The zero-order valence-electron chi connectivity index (χ0n) is 8.89. The molecule has 0 fully saturated rings. The molecule has 0 saturated heterocycles. The van der Waals surface area contributed by atoms with Crippen LogP contribution < -0.4 is 5.48 Å². The first-order valence-electron chi connectivity index (χ1n) is 4.97. The van der Waals surface area contributed by atoms with Crippen LogP contribution in [-0.4, -0.2) is 13.2 Å². The lowest BCUT2D eigenvalue weighted by Gasteiger charge is -2.08. The lowest BCUT2D eigenvalue weighted by molar-refractivity contribution is 0.0228. The molecule has 0 unspecified atom stereocenters. The van der Waals surface area contributed by atoms with E-state index in [2.05, 4.69) is 33.2 Å². The zero-order valence-corrected chi connectivity index (χ0v) is 8.89. The van der Waals surface area contributed by atoms with Crippen molar-refractivity contribution in [2.24, 2.45) is 11.8 Å². The van der Waals surface area contributed by atoms with Gasteiger partial charge in [-0.25, -0.2) is 5.48 Å². The van der Waals surface area contributed by atoms with Crippen LogP contribution in [0.4, 0.5) is 0 Å². The fourth-order valence-electron chi connectivity index (χ4n) is 0.880. The van der Waals surface area contributed by atoms with Crippen LogP contribution in [0, 0.1) is 11.8 Å². The van der Waals surface area contributed by atoms with Crippen molar-refractivity contribution in [3.63, 3.8) is 0 Å². The molecule has 0 aromatic carbocycles. The fourth-order valence-corrected chi connectivity index (χ4v) is 0.880. The number of hydroxylamine groups is 1. The summed E-state index contributed by atoms with van der Waals surface area (Å²) < 4.78 is 0. The second kappa shape index (κ2) is 7.56. The van der Waals surface area contributed by atoms with E-state index in [0.717, 1.165) is 19.1 Å². The molecule has 12 heavy (non-hydrogen) atoms. The van der Waals surface area contributed by atoms with E-state index in [0.29, 0.717) is 5.92 Å². The normalized spacial score (nSPS) is 11.5. The average molecular weight is 173 g/mol. The Morgan fingerprint density at radius 1 is 1.08 bits per heavy atom. The predicted molar refractivity (Wildman–Crippen MR) is 52.9 cm³/mol. The predicted octanol–water partition coefficient (Wildman–Crippen LogP) is 2.60. The fraction of sp³-hybridized carbons (Fsp3) is 1.00. The Kier molecular flexibility index (Phi) is 7.51.